The van der Waals surface area contributed by atoms with Crippen molar-refractivity contribution < 1.29 is 9.59 Å². The summed E-state index contributed by atoms with van der Waals surface area (Å²) >= 11 is 6.27. The molecule has 1 aliphatic heterocycles. The molecule has 1 heterocycles. The smallest absolute Gasteiger partial charge is 0.227 e. The van der Waals surface area contributed by atoms with Gasteiger partial charge in [-0.25, -0.2) is 0 Å². The second-order valence-corrected chi connectivity index (χ2v) is 8.04. The van der Waals surface area contributed by atoms with Gasteiger partial charge in [-0.2, -0.15) is 0 Å². The molecule has 1 N–H and O–H groups in total. The number of nitrogens with zero attached hydrogens (tertiary/aromatic N) is 2. The number of rotatable bonds is 4. The van der Waals surface area contributed by atoms with E-state index in [1.807, 2.05) is 36.0 Å². The monoisotopic (exact) mass is 377 g/mol. The zero-order valence-corrected chi connectivity index (χ0v) is 16.4. The van der Waals surface area contributed by atoms with E-state index in [9.17, 15) is 9.59 Å². The number of hydrogen-bond donors (Lipinski definition) is 1. The fourth-order valence-corrected chi connectivity index (χ4v) is 4.33. The summed E-state index contributed by atoms with van der Waals surface area (Å²) in [5, 5.41) is 3.59. The third-order valence-electron chi connectivity index (χ3n) is 5.58. The number of piperidine rings is 1. The van der Waals surface area contributed by atoms with Crippen molar-refractivity contribution in [2.45, 2.75) is 38.5 Å². The van der Waals surface area contributed by atoms with Crippen molar-refractivity contribution in [3.63, 3.8) is 0 Å². The molecule has 0 bridgehead atoms. The molecule has 0 unspecified atom stereocenters. The molecule has 0 aromatic heterocycles. The van der Waals surface area contributed by atoms with Gasteiger partial charge in [-0.3, -0.25) is 9.59 Å². The minimum Gasteiger partial charge on any atom is -0.376 e. The van der Waals surface area contributed by atoms with Crippen LogP contribution in [0.25, 0.3) is 0 Å². The van der Waals surface area contributed by atoms with Gasteiger partial charge in [0.2, 0.25) is 11.8 Å². The molecule has 26 heavy (non-hydrogen) atoms. The summed E-state index contributed by atoms with van der Waals surface area (Å²) in [7, 11) is 3.86. The van der Waals surface area contributed by atoms with Gasteiger partial charge in [0, 0.05) is 44.7 Å². The van der Waals surface area contributed by atoms with E-state index in [0.717, 1.165) is 37.1 Å². The van der Waals surface area contributed by atoms with Gasteiger partial charge >= 0.3 is 0 Å². The van der Waals surface area contributed by atoms with E-state index in [1.54, 1.807) is 6.07 Å². The summed E-state index contributed by atoms with van der Waals surface area (Å²) in [6.45, 7) is 1.38. The van der Waals surface area contributed by atoms with Gasteiger partial charge < -0.3 is 15.1 Å². The Kier molecular flexibility index (Phi) is 6.07. The quantitative estimate of drug-likeness (QED) is 0.868. The van der Waals surface area contributed by atoms with Crippen LogP contribution >= 0.6 is 11.6 Å². The third kappa shape index (κ3) is 4.32. The summed E-state index contributed by atoms with van der Waals surface area (Å²) < 4.78 is 0. The molecule has 0 atom stereocenters. The molecule has 5 nitrogen and oxygen atoms in total. The minimum atomic E-state index is -0.0464. The van der Waals surface area contributed by atoms with Crippen LogP contribution in [0.4, 0.5) is 11.4 Å². The Hall–Kier alpha value is -1.75. The molecule has 1 aromatic carbocycles. The summed E-state index contributed by atoms with van der Waals surface area (Å²) in [5.41, 5.74) is 1.64. The number of halogens is 1. The SMILES string of the molecule is CN(C)c1ccc(NC(=O)C2CCN(C(=O)C3CCCC3)CC2)cc1Cl. The number of amides is 2. The molecule has 1 saturated carbocycles. The largest absolute Gasteiger partial charge is 0.376 e. The fraction of sp³-hybridized carbons (Fsp3) is 0.600. The Morgan fingerprint density at radius 3 is 2.31 bits per heavy atom. The molecule has 3 rings (SSSR count). The van der Waals surface area contributed by atoms with Crippen LogP contribution in [0.3, 0.4) is 0 Å². The molecular weight excluding hydrogens is 350 g/mol. The van der Waals surface area contributed by atoms with Crippen LogP contribution < -0.4 is 10.2 Å². The number of nitrogens with one attached hydrogen (secondary N) is 1. The summed E-state index contributed by atoms with van der Waals surface area (Å²) in [6.07, 6.45) is 5.86. The van der Waals surface area contributed by atoms with Crippen molar-refractivity contribution in [3.05, 3.63) is 23.2 Å². The van der Waals surface area contributed by atoms with Gasteiger partial charge in [-0.1, -0.05) is 24.4 Å². The molecular formula is C20H28ClN3O2. The van der Waals surface area contributed by atoms with Crippen molar-refractivity contribution >= 4 is 34.8 Å². The van der Waals surface area contributed by atoms with E-state index < -0.39 is 0 Å². The van der Waals surface area contributed by atoms with E-state index in [4.69, 9.17) is 11.6 Å². The highest BCUT2D eigenvalue weighted by molar-refractivity contribution is 6.33. The standard InChI is InChI=1S/C20H28ClN3O2/c1-23(2)18-8-7-16(13-17(18)21)22-19(25)14-9-11-24(12-10-14)20(26)15-5-3-4-6-15/h7-8,13-15H,3-6,9-12H2,1-2H3,(H,22,25). The van der Waals surface area contributed by atoms with Crippen molar-refractivity contribution in [1.29, 1.82) is 0 Å². The molecule has 2 amide bonds. The molecule has 0 radical (unpaired) electrons. The Bertz CT molecular complexity index is 663. The maximum absolute atomic E-state index is 12.6. The predicted octanol–water partition coefficient (Wildman–Crippen LogP) is 3.77. The van der Waals surface area contributed by atoms with Gasteiger partial charge in [0.05, 0.1) is 10.7 Å². The Morgan fingerprint density at radius 1 is 1.08 bits per heavy atom. The van der Waals surface area contributed by atoms with Crippen LogP contribution in [0.5, 0.6) is 0 Å². The van der Waals surface area contributed by atoms with Crippen molar-refractivity contribution in [2.75, 3.05) is 37.4 Å². The van der Waals surface area contributed by atoms with Crippen LogP contribution in [0.2, 0.25) is 5.02 Å². The molecule has 2 fully saturated rings. The molecule has 6 heteroatoms. The molecule has 142 valence electrons. The Balaban J connectivity index is 1.52. The highest BCUT2D eigenvalue weighted by atomic mass is 35.5. The first-order valence-electron chi connectivity index (χ1n) is 9.52. The number of benzene rings is 1. The van der Waals surface area contributed by atoms with Gasteiger partial charge in [0.25, 0.3) is 0 Å². The fourth-order valence-electron chi connectivity index (χ4n) is 3.98. The Morgan fingerprint density at radius 2 is 1.73 bits per heavy atom. The lowest BCUT2D eigenvalue weighted by atomic mass is 9.94. The second-order valence-electron chi connectivity index (χ2n) is 7.63. The first-order chi connectivity index (χ1) is 12.5. The lowest BCUT2D eigenvalue weighted by Gasteiger charge is -2.33. The van der Waals surface area contributed by atoms with Gasteiger partial charge in [-0.15, -0.1) is 0 Å². The zero-order chi connectivity index (χ0) is 18.7. The normalized spacial score (nSPS) is 18.8. The van der Waals surface area contributed by atoms with E-state index in [0.29, 0.717) is 24.0 Å². The van der Waals surface area contributed by atoms with Crippen molar-refractivity contribution in [3.8, 4) is 0 Å². The summed E-state index contributed by atoms with van der Waals surface area (Å²) in [5.74, 6) is 0.492. The average Bonchev–Trinajstić information content (AvgIpc) is 3.15. The first kappa shape index (κ1) is 19.0. The molecule has 2 aliphatic rings. The van der Waals surface area contributed by atoms with Gasteiger partial charge in [-0.05, 0) is 43.9 Å². The number of carbonyl (C=O) groups excluding carboxylic acids is 2. The topological polar surface area (TPSA) is 52.7 Å². The molecule has 1 saturated heterocycles. The number of likely N-dealkylation sites (tertiary alicyclic amines) is 1. The zero-order valence-electron chi connectivity index (χ0n) is 15.6. The maximum atomic E-state index is 12.6. The highest BCUT2D eigenvalue weighted by Crippen LogP contribution is 2.30. The van der Waals surface area contributed by atoms with Crippen molar-refractivity contribution in [1.82, 2.24) is 4.90 Å². The van der Waals surface area contributed by atoms with Crippen LogP contribution in [0, 0.1) is 11.8 Å². The van der Waals surface area contributed by atoms with E-state index in [1.165, 1.54) is 12.8 Å². The van der Waals surface area contributed by atoms with E-state index in [2.05, 4.69) is 5.32 Å². The van der Waals surface area contributed by atoms with Gasteiger partial charge in [0.15, 0.2) is 0 Å². The van der Waals surface area contributed by atoms with E-state index in [-0.39, 0.29) is 17.7 Å². The molecule has 1 aromatic rings. The summed E-state index contributed by atoms with van der Waals surface area (Å²) in [4.78, 5) is 29.0. The highest BCUT2D eigenvalue weighted by Gasteiger charge is 2.32. The molecule has 1 aliphatic carbocycles. The number of anilines is 2. The Labute approximate surface area is 160 Å². The lowest BCUT2D eigenvalue weighted by molar-refractivity contribution is -0.138. The van der Waals surface area contributed by atoms with Crippen molar-refractivity contribution in [2.24, 2.45) is 11.8 Å². The second kappa shape index (κ2) is 8.30. The predicted molar refractivity (Wildman–Crippen MR) is 106 cm³/mol. The summed E-state index contributed by atoms with van der Waals surface area (Å²) in [6, 6.07) is 5.56. The molecule has 0 spiro atoms. The average molecular weight is 378 g/mol. The van der Waals surface area contributed by atoms with Crippen LogP contribution in [-0.2, 0) is 9.59 Å². The first-order valence-corrected chi connectivity index (χ1v) is 9.90. The minimum absolute atomic E-state index is 0.0200. The number of hydrogen-bond acceptors (Lipinski definition) is 3. The van der Waals surface area contributed by atoms with E-state index >= 15 is 0 Å². The third-order valence-corrected chi connectivity index (χ3v) is 5.88. The van der Waals surface area contributed by atoms with Crippen LogP contribution in [0.1, 0.15) is 38.5 Å². The van der Waals surface area contributed by atoms with Gasteiger partial charge in [0.1, 0.15) is 0 Å². The van der Waals surface area contributed by atoms with Crippen LogP contribution in [-0.4, -0.2) is 43.9 Å². The van der Waals surface area contributed by atoms with Crippen LogP contribution in [0.15, 0.2) is 18.2 Å². The lowest BCUT2D eigenvalue weighted by Crippen LogP contribution is -2.43. The number of carbonyl (C=O) groups is 2. The maximum Gasteiger partial charge on any atom is 0.227 e.